The van der Waals surface area contributed by atoms with E-state index in [9.17, 15) is 9.59 Å². The van der Waals surface area contributed by atoms with Crippen LogP contribution < -0.4 is 0 Å². The van der Waals surface area contributed by atoms with Gasteiger partial charge < -0.3 is 0 Å². The summed E-state index contributed by atoms with van der Waals surface area (Å²) in [5, 5.41) is -0.690. The molecule has 0 saturated carbocycles. The summed E-state index contributed by atoms with van der Waals surface area (Å²) in [5.74, 6) is -0.140. The lowest BCUT2D eigenvalue weighted by atomic mass is 10.2. The molecule has 0 fully saturated rings. The van der Waals surface area contributed by atoms with Crippen molar-refractivity contribution in [3.8, 4) is 0 Å². The van der Waals surface area contributed by atoms with Gasteiger partial charge >= 0.3 is 0 Å². The number of rotatable bonds is 1. The Kier molecular flexibility index (Phi) is 4.00. The van der Waals surface area contributed by atoms with Crippen LogP contribution in [0, 0.1) is 0 Å². The quantitative estimate of drug-likeness (QED) is 0.586. The number of carbonyl (C=O) groups is 2. The summed E-state index contributed by atoms with van der Waals surface area (Å²) < 4.78 is 0. The maximum Gasteiger partial charge on any atom is 0.270 e. The number of aliphatic imine (C=N–C) groups is 1. The average molecular weight is 194 g/mol. The Balaban J connectivity index is 0.000001000. The molecule has 1 aliphatic heterocycles. The first-order valence-corrected chi connectivity index (χ1v) is 3.05. The molecule has 0 unspecified atom stereocenters. The van der Waals surface area contributed by atoms with E-state index in [2.05, 4.69) is 4.99 Å². The minimum atomic E-state index is -0.690. The van der Waals surface area contributed by atoms with Crippen molar-refractivity contribution >= 4 is 41.2 Å². The summed E-state index contributed by atoms with van der Waals surface area (Å²) in [6.45, 7) is 0. The molecule has 3 nitrogen and oxygen atoms in total. The molecule has 60 valence electrons. The lowest BCUT2D eigenvalue weighted by molar-refractivity contribution is -0.114. The van der Waals surface area contributed by atoms with Gasteiger partial charge in [-0.25, -0.2) is 0 Å². The van der Waals surface area contributed by atoms with E-state index in [1.807, 2.05) is 0 Å². The highest BCUT2D eigenvalue weighted by molar-refractivity contribution is 6.67. The van der Waals surface area contributed by atoms with Crippen molar-refractivity contribution in [3.05, 3.63) is 11.8 Å². The Hall–Kier alpha value is -0.670. The molecule has 0 bridgehead atoms. The first-order valence-electron chi connectivity index (χ1n) is 2.67. The third-order valence-corrected chi connectivity index (χ3v) is 1.22. The van der Waals surface area contributed by atoms with Crippen molar-refractivity contribution in [2.24, 2.45) is 4.99 Å². The number of halogens is 2. The lowest BCUT2D eigenvalue weighted by Crippen LogP contribution is -2.04. The molecular formula is C6H5Cl2NO2. The highest BCUT2D eigenvalue weighted by atomic mass is 35.5. The number of hydrogen-bond donors (Lipinski definition) is 0. The first kappa shape index (κ1) is 10.3. The SMILES string of the molecule is Cl.O=C1C=C(C(=O)Cl)N=CC1. The van der Waals surface area contributed by atoms with Crippen LogP contribution in [0.4, 0.5) is 0 Å². The molecule has 5 heteroatoms. The fourth-order valence-corrected chi connectivity index (χ4v) is 0.693. The summed E-state index contributed by atoms with van der Waals surface area (Å²) >= 11 is 5.05. The van der Waals surface area contributed by atoms with Crippen LogP contribution in [-0.2, 0) is 9.59 Å². The van der Waals surface area contributed by atoms with Gasteiger partial charge in [-0.2, -0.15) is 0 Å². The summed E-state index contributed by atoms with van der Waals surface area (Å²) in [4.78, 5) is 24.6. The van der Waals surface area contributed by atoms with Gasteiger partial charge in [-0.05, 0) is 11.6 Å². The van der Waals surface area contributed by atoms with Crippen LogP contribution in [0.3, 0.4) is 0 Å². The molecule has 0 atom stereocenters. The normalized spacial score (nSPS) is 15.4. The topological polar surface area (TPSA) is 46.5 Å². The van der Waals surface area contributed by atoms with E-state index in [-0.39, 0.29) is 30.3 Å². The fourth-order valence-electron chi connectivity index (χ4n) is 0.590. The zero-order chi connectivity index (χ0) is 7.56. The number of carbonyl (C=O) groups excluding carboxylic acids is 2. The minimum Gasteiger partial charge on any atom is -0.294 e. The van der Waals surface area contributed by atoms with Crippen molar-refractivity contribution in [3.63, 3.8) is 0 Å². The maximum absolute atomic E-state index is 10.6. The second kappa shape index (κ2) is 4.26. The van der Waals surface area contributed by atoms with E-state index >= 15 is 0 Å². The van der Waals surface area contributed by atoms with Gasteiger partial charge in [-0.15, -0.1) is 12.4 Å². The predicted molar refractivity (Wildman–Crippen MR) is 44.3 cm³/mol. The smallest absolute Gasteiger partial charge is 0.270 e. The third kappa shape index (κ3) is 2.82. The monoisotopic (exact) mass is 193 g/mol. The third-order valence-electron chi connectivity index (χ3n) is 1.02. The molecule has 11 heavy (non-hydrogen) atoms. The summed E-state index contributed by atoms with van der Waals surface area (Å²) in [6, 6.07) is 0. The van der Waals surface area contributed by atoms with Crippen LogP contribution in [0.2, 0.25) is 0 Å². The Morgan fingerprint density at radius 2 is 2.27 bits per heavy atom. The van der Waals surface area contributed by atoms with Gasteiger partial charge in [0.25, 0.3) is 5.24 Å². The molecular weight excluding hydrogens is 189 g/mol. The van der Waals surface area contributed by atoms with Crippen LogP contribution in [-0.4, -0.2) is 17.2 Å². The zero-order valence-electron chi connectivity index (χ0n) is 5.41. The van der Waals surface area contributed by atoms with Crippen LogP contribution in [0.25, 0.3) is 0 Å². The Labute approximate surface area is 74.5 Å². The molecule has 1 rings (SSSR count). The van der Waals surface area contributed by atoms with Gasteiger partial charge in [-0.3, -0.25) is 14.6 Å². The molecule has 1 heterocycles. The second-order valence-electron chi connectivity index (χ2n) is 1.79. The van der Waals surface area contributed by atoms with Gasteiger partial charge in [0.05, 0.1) is 0 Å². The molecule has 0 aromatic rings. The van der Waals surface area contributed by atoms with Gasteiger partial charge in [0, 0.05) is 18.7 Å². The molecule has 0 aromatic heterocycles. The standard InChI is InChI=1S/C6H4ClNO2.ClH/c7-6(10)5-3-4(9)1-2-8-5;/h2-3H,1H2;1H. The molecule has 0 radical (unpaired) electrons. The highest BCUT2D eigenvalue weighted by Crippen LogP contribution is 2.06. The van der Waals surface area contributed by atoms with E-state index in [1.54, 1.807) is 0 Å². The van der Waals surface area contributed by atoms with Gasteiger partial charge in [0.15, 0.2) is 5.78 Å². The van der Waals surface area contributed by atoms with Crippen molar-refractivity contribution in [2.45, 2.75) is 6.42 Å². The van der Waals surface area contributed by atoms with E-state index in [4.69, 9.17) is 11.6 Å². The van der Waals surface area contributed by atoms with Crippen LogP contribution >= 0.6 is 24.0 Å². The lowest BCUT2D eigenvalue weighted by Gasteiger charge is -1.97. The van der Waals surface area contributed by atoms with Crippen molar-refractivity contribution in [1.82, 2.24) is 0 Å². The highest BCUT2D eigenvalue weighted by Gasteiger charge is 2.09. The Morgan fingerprint density at radius 1 is 1.64 bits per heavy atom. The number of hydrogen-bond acceptors (Lipinski definition) is 3. The molecule has 1 aliphatic rings. The van der Waals surface area contributed by atoms with E-state index in [0.717, 1.165) is 6.08 Å². The first-order chi connectivity index (χ1) is 4.70. The number of nitrogens with zero attached hydrogens (tertiary/aromatic N) is 1. The van der Waals surface area contributed by atoms with Gasteiger partial charge in [0.1, 0.15) is 5.70 Å². The number of allylic oxidation sites excluding steroid dienone is 2. The van der Waals surface area contributed by atoms with E-state index < -0.39 is 5.24 Å². The van der Waals surface area contributed by atoms with Crippen molar-refractivity contribution < 1.29 is 9.59 Å². The number of ketones is 1. The molecule has 0 spiro atoms. The fraction of sp³-hybridized carbons (Fsp3) is 0.167. The zero-order valence-corrected chi connectivity index (χ0v) is 6.98. The molecule has 0 amide bonds. The van der Waals surface area contributed by atoms with Gasteiger partial charge in [-0.1, -0.05) is 0 Å². The maximum atomic E-state index is 10.6. The summed E-state index contributed by atoms with van der Waals surface area (Å²) in [7, 11) is 0. The Bertz CT molecular complexity index is 243. The van der Waals surface area contributed by atoms with Crippen molar-refractivity contribution in [1.29, 1.82) is 0 Å². The van der Waals surface area contributed by atoms with E-state index in [0.29, 0.717) is 0 Å². The van der Waals surface area contributed by atoms with Gasteiger partial charge in [0.2, 0.25) is 0 Å². The summed E-state index contributed by atoms with van der Waals surface area (Å²) in [6.07, 6.45) is 2.78. The molecule has 0 aliphatic carbocycles. The van der Waals surface area contributed by atoms with Crippen LogP contribution in [0.5, 0.6) is 0 Å². The predicted octanol–water partition coefficient (Wildman–Crippen LogP) is 1.10. The Morgan fingerprint density at radius 3 is 2.64 bits per heavy atom. The van der Waals surface area contributed by atoms with Crippen molar-refractivity contribution in [2.75, 3.05) is 0 Å². The second-order valence-corrected chi connectivity index (χ2v) is 2.13. The molecule has 0 saturated heterocycles. The van der Waals surface area contributed by atoms with E-state index in [1.165, 1.54) is 6.21 Å². The molecule has 0 N–H and O–H groups in total. The molecule has 0 aromatic carbocycles. The van der Waals surface area contributed by atoms with Crippen LogP contribution in [0.15, 0.2) is 16.8 Å². The van der Waals surface area contributed by atoms with Crippen LogP contribution in [0.1, 0.15) is 6.42 Å². The average Bonchev–Trinajstić information content (AvgIpc) is 1.88. The minimum absolute atomic E-state index is 0. The largest absolute Gasteiger partial charge is 0.294 e. The summed E-state index contributed by atoms with van der Waals surface area (Å²) in [5.41, 5.74) is 0.0258.